The van der Waals surface area contributed by atoms with Gasteiger partial charge in [-0.1, -0.05) is 77.6 Å². The molecule has 10 nitrogen and oxygen atoms in total. The SMILES string of the molecule is CCCCCCCCCCCC(=O)O[C@H](COCOCCCCCCCNC(C)=O)COP(=O)(O)O. The predicted octanol–water partition coefficient (Wildman–Crippen LogP) is 5.01. The summed E-state index contributed by atoms with van der Waals surface area (Å²) in [5, 5.41) is 2.77. The lowest BCUT2D eigenvalue weighted by molar-refractivity contribution is -0.158. The summed E-state index contributed by atoms with van der Waals surface area (Å²) in [6.45, 7) is 4.40. The summed E-state index contributed by atoms with van der Waals surface area (Å²) >= 11 is 0. The normalized spacial score (nSPS) is 12.4. The molecular formula is C25H50NO9P. The first-order valence-electron chi connectivity index (χ1n) is 13.5. The van der Waals surface area contributed by atoms with Gasteiger partial charge in [0.15, 0.2) is 0 Å². The monoisotopic (exact) mass is 539 g/mol. The van der Waals surface area contributed by atoms with Crippen LogP contribution in [0, 0.1) is 0 Å². The first kappa shape index (κ1) is 35.0. The van der Waals surface area contributed by atoms with Gasteiger partial charge in [-0.05, 0) is 19.3 Å². The van der Waals surface area contributed by atoms with E-state index < -0.39 is 26.5 Å². The van der Waals surface area contributed by atoms with E-state index in [0.29, 0.717) is 13.2 Å². The molecule has 0 saturated heterocycles. The summed E-state index contributed by atoms with van der Waals surface area (Å²) in [4.78, 5) is 40.8. The molecule has 0 aromatic heterocycles. The van der Waals surface area contributed by atoms with Gasteiger partial charge < -0.3 is 29.3 Å². The molecule has 0 saturated carbocycles. The van der Waals surface area contributed by atoms with Gasteiger partial charge in [0.1, 0.15) is 12.9 Å². The molecule has 0 aliphatic carbocycles. The highest BCUT2D eigenvalue weighted by Crippen LogP contribution is 2.35. The summed E-state index contributed by atoms with van der Waals surface area (Å²) in [5.41, 5.74) is 0. The molecule has 0 aromatic carbocycles. The fraction of sp³-hybridized carbons (Fsp3) is 0.920. The number of amides is 1. The number of carbonyl (C=O) groups excluding carboxylic acids is 2. The Morgan fingerprint density at radius 1 is 0.806 bits per heavy atom. The van der Waals surface area contributed by atoms with Gasteiger partial charge in [-0.2, -0.15) is 0 Å². The van der Waals surface area contributed by atoms with Crippen LogP contribution in [0.1, 0.15) is 110 Å². The van der Waals surface area contributed by atoms with Crippen LogP contribution >= 0.6 is 7.82 Å². The average molecular weight is 540 g/mol. The number of ether oxygens (including phenoxy) is 3. The summed E-state index contributed by atoms with van der Waals surface area (Å²) in [6, 6.07) is 0. The summed E-state index contributed by atoms with van der Waals surface area (Å²) in [5.74, 6) is -0.437. The van der Waals surface area contributed by atoms with Gasteiger partial charge in [-0.3, -0.25) is 14.1 Å². The van der Waals surface area contributed by atoms with Crippen molar-refractivity contribution in [3.63, 3.8) is 0 Å². The molecule has 214 valence electrons. The third-order valence-corrected chi connectivity index (χ3v) is 6.01. The molecule has 36 heavy (non-hydrogen) atoms. The third kappa shape index (κ3) is 27.6. The number of carbonyl (C=O) groups is 2. The lowest BCUT2D eigenvalue weighted by atomic mass is 10.1. The van der Waals surface area contributed by atoms with E-state index in [2.05, 4.69) is 16.8 Å². The van der Waals surface area contributed by atoms with Crippen LogP contribution in [-0.2, 0) is 32.9 Å². The lowest BCUT2D eigenvalue weighted by Gasteiger charge is -2.18. The van der Waals surface area contributed by atoms with Crippen LogP contribution in [0.5, 0.6) is 0 Å². The Morgan fingerprint density at radius 3 is 2.00 bits per heavy atom. The Labute approximate surface area is 217 Å². The second kappa shape index (κ2) is 24.3. The van der Waals surface area contributed by atoms with Crippen LogP contribution in [0.4, 0.5) is 0 Å². The van der Waals surface area contributed by atoms with Crippen LogP contribution in [0.3, 0.4) is 0 Å². The Hall–Kier alpha value is -1.03. The fourth-order valence-electron chi connectivity index (χ4n) is 3.54. The minimum atomic E-state index is -4.68. The third-order valence-electron chi connectivity index (χ3n) is 5.52. The second-order valence-corrected chi connectivity index (χ2v) is 10.4. The molecular weight excluding hydrogens is 489 g/mol. The fourth-order valence-corrected chi connectivity index (χ4v) is 3.90. The molecule has 0 aliphatic heterocycles. The maximum atomic E-state index is 12.1. The minimum Gasteiger partial charge on any atom is -0.457 e. The van der Waals surface area contributed by atoms with Crippen molar-refractivity contribution < 1.29 is 42.7 Å². The topological polar surface area (TPSA) is 141 Å². The van der Waals surface area contributed by atoms with Gasteiger partial charge in [0.2, 0.25) is 5.91 Å². The molecule has 0 rings (SSSR count). The molecule has 0 aliphatic rings. The molecule has 0 radical (unpaired) electrons. The Balaban J connectivity index is 3.92. The highest BCUT2D eigenvalue weighted by Gasteiger charge is 2.21. The molecule has 1 atom stereocenters. The molecule has 0 heterocycles. The van der Waals surface area contributed by atoms with Gasteiger partial charge in [-0.15, -0.1) is 0 Å². The molecule has 0 spiro atoms. The molecule has 0 aromatic rings. The summed E-state index contributed by atoms with van der Waals surface area (Å²) < 4.78 is 31.6. The number of rotatable bonds is 26. The van der Waals surface area contributed by atoms with Gasteiger partial charge in [0, 0.05) is 26.5 Å². The molecule has 3 N–H and O–H groups in total. The molecule has 11 heteroatoms. The van der Waals surface area contributed by atoms with E-state index in [9.17, 15) is 14.2 Å². The Kier molecular flexibility index (Phi) is 23.6. The van der Waals surface area contributed by atoms with Crippen LogP contribution in [-0.4, -0.2) is 60.9 Å². The van der Waals surface area contributed by atoms with Crippen LogP contribution in [0.25, 0.3) is 0 Å². The van der Waals surface area contributed by atoms with Gasteiger partial charge in [0.05, 0.1) is 13.2 Å². The van der Waals surface area contributed by atoms with E-state index in [1.807, 2.05) is 0 Å². The second-order valence-electron chi connectivity index (χ2n) is 9.12. The average Bonchev–Trinajstić information content (AvgIpc) is 2.81. The van der Waals surface area contributed by atoms with Crippen molar-refractivity contribution in [3.8, 4) is 0 Å². The summed E-state index contributed by atoms with van der Waals surface area (Å²) in [6.07, 6.45) is 14.5. The first-order valence-corrected chi connectivity index (χ1v) is 15.1. The van der Waals surface area contributed by atoms with Crippen molar-refractivity contribution >= 4 is 19.7 Å². The van der Waals surface area contributed by atoms with Gasteiger partial charge in [0.25, 0.3) is 0 Å². The number of unbranched alkanes of at least 4 members (excludes halogenated alkanes) is 12. The molecule has 0 bridgehead atoms. The molecule has 0 unspecified atom stereocenters. The van der Waals surface area contributed by atoms with Crippen LogP contribution in [0.2, 0.25) is 0 Å². The molecule has 1 amide bonds. The van der Waals surface area contributed by atoms with Gasteiger partial charge >= 0.3 is 13.8 Å². The van der Waals surface area contributed by atoms with Crippen molar-refractivity contribution in [2.45, 2.75) is 116 Å². The predicted molar refractivity (Wildman–Crippen MR) is 138 cm³/mol. The van der Waals surface area contributed by atoms with Crippen molar-refractivity contribution in [2.24, 2.45) is 0 Å². The van der Waals surface area contributed by atoms with Crippen LogP contribution < -0.4 is 5.32 Å². The number of nitrogens with one attached hydrogen (secondary N) is 1. The zero-order chi connectivity index (χ0) is 26.9. The Bertz CT molecular complexity index is 586. The standard InChI is InChI=1S/C25H50NO9P/c1-3-4-5-6-7-8-9-11-14-17-25(28)35-24(21-34-36(29,30)31)20-33-22-32-19-16-13-10-12-15-18-26-23(2)27/h24H,3-22H2,1-2H3,(H,26,27)(H2,29,30,31)/t24-/m1/s1. The maximum Gasteiger partial charge on any atom is 0.469 e. The van der Waals surface area contributed by atoms with E-state index in [0.717, 1.165) is 51.4 Å². The highest BCUT2D eigenvalue weighted by molar-refractivity contribution is 7.46. The van der Waals surface area contributed by atoms with Crippen molar-refractivity contribution in [3.05, 3.63) is 0 Å². The van der Waals surface area contributed by atoms with Crippen molar-refractivity contribution in [2.75, 3.05) is 33.2 Å². The number of phosphoric acid groups is 1. The number of hydrogen-bond acceptors (Lipinski definition) is 7. The Morgan fingerprint density at radius 2 is 1.39 bits per heavy atom. The van der Waals surface area contributed by atoms with E-state index in [4.69, 9.17) is 24.0 Å². The van der Waals surface area contributed by atoms with E-state index >= 15 is 0 Å². The largest absolute Gasteiger partial charge is 0.469 e. The van der Waals surface area contributed by atoms with Gasteiger partial charge in [-0.25, -0.2) is 4.57 Å². The number of esters is 1. The zero-order valence-electron chi connectivity index (χ0n) is 22.4. The quantitative estimate of drug-likeness (QED) is 0.0599. The number of hydrogen-bond donors (Lipinski definition) is 3. The maximum absolute atomic E-state index is 12.1. The molecule has 0 fully saturated rings. The zero-order valence-corrected chi connectivity index (χ0v) is 23.3. The first-order chi connectivity index (χ1) is 17.2. The van der Waals surface area contributed by atoms with E-state index in [1.165, 1.54) is 45.4 Å². The lowest BCUT2D eigenvalue weighted by Crippen LogP contribution is -2.28. The van der Waals surface area contributed by atoms with Crippen molar-refractivity contribution in [1.29, 1.82) is 0 Å². The highest BCUT2D eigenvalue weighted by atomic mass is 31.2. The van der Waals surface area contributed by atoms with Crippen molar-refractivity contribution in [1.82, 2.24) is 5.32 Å². The summed E-state index contributed by atoms with van der Waals surface area (Å²) in [7, 11) is -4.68. The van der Waals surface area contributed by atoms with E-state index in [-0.39, 0.29) is 25.7 Å². The van der Waals surface area contributed by atoms with E-state index in [1.54, 1.807) is 0 Å². The number of phosphoric ester groups is 1. The van der Waals surface area contributed by atoms with Crippen LogP contribution in [0.15, 0.2) is 0 Å². The minimum absolute atomic E-state index is 0.00694. The smallest absolute Gasteiger partial charge is 0.457 e.